The van der Waals surface area contributed by atoms with Crippen molar-refractivity contribution in [2.45, 2.75) is 32.2 Å². The number of halogens is 1. The third kappa shape index (κ3) is 2.58. The van der Waals surface area contributed by atoms with Crippen molar-refractivity contribution in [2.24, 2.45) is 0 Å². The average Bonchev–Trinajstić information content (AvgIpc) is 2.92. The Morgan fingerprint density at radius 2 is 2.08 bits per heavy atom. The first kappa shape index (κ1) is 14.9. The molecule has 3 aromatic rings. The van der Waals surface area contributed by atoms with Gasteiger partial charge in [0.1, 0.15) is 5.82 Å². The summed E-state index contributed by atoms with van der Waals surface area (Å²) in [5, 5.41) is 4.21. The van der Waals surface area contributed by atoms with Crippen LogP contribution in [0.1, 0.15) is 33.6 Å². The molecule has 0 saturated carbocycles. The highest BCUT2D eigenvalue weighted by atomic mass is 19.1. The largest absolute Gasteiger partial charge is 0.358 e. The first-order valence-corrected chi connectivity index (χ1v) is 8.27. The van der Waals surface area contributed by atoms with E-state index in [2.05, 4.69) is 10.3 Å². The molecule has 4 rings (SSSR count). The van der Waals surface area contributed by atoms with Crippen LogP contribution in [0.4, 0.5) is 4.39 Å². The second-order valence-corrected chi connectivity index (χ2v) is 6.50. The smallest absolute Gasteiger partial charge is 0.251 e. The topological polar surface area (TPSA) is 44.9 Å². The molecule has 0 fully saturated rings. The first-order chi connectivity index (χ1) is 11.6. The number of hydrogen-bond donors (Lipinski definition) is 2. The Balaban J connectivity index is 1.57. The van der Waals surface area contributed by atoms with Crippen LogP contribution in [0.2, 0.25) is 0 Å². The van der Waals surface area contributed by atoms with E-state index in [-0.39, 0.29) is 17.8 Å². The molecule has 0 radical (unpaired) electrons. The molecule has 2 aromatic carbocycles. The van der Waals surface area contributed by atoms with Gasteiger partial charge in [-0.2, -0.15) is 0 Å². The van der Waals surface area contributed by atoms with Gasteiger partial charge in [-0.3, -0.25) is 4.79 Å². The number of nitrogens with one attached hydrogen (secondary N) is 2. The molecule has 0 spiro atoms. The van der Waals surface area contributed by atoms with E-state index in [1.165, 1.54) is 17.7 Å². The zero-order valence-electron chi connectivity index (χ0n) is 13.5. The van der Waals surface area contributed by atoms with E-state index in [0.717, 1.165) is 47.0 Å². The van der Waals surface area contributed by atoms with Crippen molar-refractivity contribution in [3.05, 3.63) is 70.7 Å². The van der Waals surface area contributed by atoms with Gasteiger partial charge in [0.25, 0.3) is 5.91 Å². The number of aryl methyl sites for hydroxylation is 2. The van der Waals surface area contributed by atoms with E-state index in [4.69, 9.17) is 0 Å². The molecule has 1 atom stereocenters. The Bertz CT molecular complexity index is 929. The van der Waals surface area contributed by atoms with Gasteiger partial charge in [-0.25, -0.2) is 4.39 Å². The maximum atomic E-state index is 13.4. The molecule has 0 aliphatic heterocycles. The van der Waals surface area contributed by atoms with Crippen LogP contribution in [0.15, 0.2) is 42.5 Å². The third-order valence-electron chi connectivity index (χ3n) is 4.87. The van der Waals surface area contributed by atoms with Crippen molar-refractivity contribution in [3.63, 3.8) is 0 Å². The fourth-order valence-corrected chi connectivity index (χ4v) is 3.61. The molecule has 122 valence electrons. The SMILES string of the molecule is Cc1ccccc1C(=O)NC1CCc2[nH]c3cc(F)ccc3c2C1. The van der Waals surface area contributed by atoms with Crippen LogP contribution in [-0.4, -0.2) is 16.9 Å². The second-order valence-electron chi connectivity index (χ2n) is 6.50. The fraction of sp³-hybridized carbons (Fsp3) is 0.250. The Morgan fingerprint density at radius 1 is 1.25 bits per heavy atom. The Kier molecular flexibility index (Phi) is 3.60. The van der Waals surface area contributed by atoms with E-state index in [1.807, 2.05) is 37.3 Å². The molecule has 1 aromatic heterocycles. The van der Waals surface area contributed by atoms with Crippen LogP contribution in [0.5, 0.6) is 0 Å². The normalized spacial score (nSPS) is 16.8. The number of carbonyl (C=O) groups is 1. The first-order valence-electron chi connectivity index (χ1n) is 8.27. The molecule has 1 unspecified atom stereocenters. The Hall–Kier alpha value is -2.62. The third-order valence-corrected chi connectivity index (χ3v) is 4.87. The van der Waals surface area contributed by atoms with Crippen LogP contribution in [0.25, 0.3) is 10.9 Å². The van der Waals surface area contributed by atoms with Crippen molar-refractivity contribution >= 4 is 16.8 Å². The molecule has 1 heterocycles. The summed E-state index contributed by atoms with van der Waals surface area (Å²) in [6.45, 7) is 1.95. The van der Waals surface area contributed by atoms with Crippen molar-refractivity contribution in [2.75, 3.05) is 0 Å². The number of benzene rings is 2. The van der Waals surface area contributed by atoms with Gasteiger partial charge in [0.05, 0.1) is 0 Å². The van der Waals surface area contributed by atoms with Gasteiger partial charge in [-0.05, 0) is 61.6 Å². The van der Waals surface area contributed by atoms with Crippen molar-refractivity contribution < 1.29 is 9.18 Å². The maximum absolute atomic E-state index is 13.4. The minimum Gasteiger partial charge on any atom is -0.358 e. The fourth-order valence-electron chi connectivity index (χ4n) is 3.61. The summed E-state index contributed by atoms with van der Waals surface area (Å²) in [6.07, 6.45) is 2.53. The minimum atomic E-state index is -0.231. The van der Waals surface area contributed by atoms with E-state index < -0.39 is 0 Å². The molecular weight excluding hydrogens is 303 g/mol. The lowest BCUT2D eigenvalue weighted by atomic mass is 9.91. The molecule has 1 amide bonds. The number of aromatic nitrogens is 1. The summed E-state index contributed by atoms with van der Waals surface area (Å²) >= 11 is 0. The lowest BCUT2D eigenvalue weighted by molar-refractivity contribution is 0.0933. The van der Waals surface area contributed by atoms with E-state index in [9.17, 15) is 9.18 Å². The summed E-state index contributed by atoms with van der Waals surface area (Å²) < 4.78 is 13.4. The summed E-state index contributed by atoms with van der Waals surface area (Å²) in [7, 11) is 0. The number of hydrogen-bond acceptors (Lipinski definition) is 1. The predicted molar refractivity (Wildman–Crippen MR) is 92.7 cm³/mol. The van der Waals surface area contributed by atoms with Gasteiger partial charge in [0, 0.05) is 28.2 Å². The van der Waals surface area contributed by atoms with Crippen LogP contribution in [0, 0.1) is 12.7 Å². The molecule has 1 aliphatic rings. The number of fused-ring (bicyclic) bond motifs is 3. The Morgan fingerprint density at radius 3 is 2.92 bits per heavy atom. The standard InChI is InChI=1S/C20H19FN2O/c1-12-4-2-3-5-15(12)20(24)22-14-7-9-18-17(11-14)16-8-6-13(21)10-19(16)23-18/h2-6,8,10,14,23H,7,9,11H2,1H3,(H,22,24). The van der Waals surface area contributed by atoms with Crippen LogP contribution < -0.4 is 5.32 Å². The predicted octanol–water partition coefficient (Wildman–Crippen LogP) is 3.90. The Labute approximate surface area is 139 Å². The van der Waals surface area contributed by atoms with E-state index in [0.29, 0.717) is 0 Å². The van der Waals surface area contributed by atoms with Gasteiger partial charge in [-0.1, -0.05) is 18.2 Å². The highest BCUT2D eigenvalue weighted by Gasteiger charge is 2.24. The van der Waals surface area contributed by atoms with Gasteiger partial charge in [0.2, 0.25) is 0 Å². The molecule has 3 nitrogen and oxygen atoms in total. The van der Waals surface area contributed by atoms with Crippen molar-refractivity contribution in [3.8, 4) is 0 Å². The molecule has 2 N–H and O–H groups in total. The molecule has 0 saturated heterocycles. The summed E-state index contributed by atoms with van der Waals surface area (Å²) in [4.78, 5) is 15.8. The monoisotopic (exact) mass is 322 g/mol. The average molecular weight is 322 g/mol. The zero-order valence-corrected chi connectivity index (χ0v) is 13.5. The number of H-pyrrole nitrogens is 1. The number of rotatable bonds is 2. The molecule has 0 bridgehead atoms. The van der Waals surface area contributed by atoms with Crippen molar-refractivity contribution in [1.82, 2.24) is 10.3 Å². The van der Waals surface area contributed by atoms with Gasteiger partial charge in [0.15, 0.2) is 0 Å². The highest BCUT2D eigenvalue weighted by molar-refractivity contribution is 5.96. The molecule has 1 aliphatic carbocycles. The van der Waals surface area contributed by atoms with Gasteiger partial charge >= 0.3 is 0 Å². The number of amides is 1. The molecular formula is C20H19FN2O. The van der Waals surface area contributed by atoms with Gasteiger partial charge < -0.3 is 10.3 Å². The summed E-state index contributed by atoms with van der Waals surface area (Å²) in [6, 6.07) is 12.6. The number of carbonyl (C=O) groups excluding carboxylic acids is 1. The van der Waals surface area contributed by atoms with Crippen LogP contribution in [0.3, 0.4) is 0 Å². The lowest BCUT2D eigenvalue weighted by Crippen LogP contribution is -2.39. The highest BCUT2D eigenvalue weighted by Crippen LogP contribution is 2.29. The zero-order chi connectivity index (χ0) is 16.7. The van der Waals surface area contributed by atoms with E-state index in [1.54, 1.807) is 0 Å². The minimum absolute atomic E-state index is 0.0209. The van der Waals surface area contributed by atoms with E-state index >= 15 is 0 Å². The lowest BCUT2D eigenvalue weighted by Gasteiger charge is -2.24. The van der Waals surface area contributed by atoms with Crippen molar-refractivity contribution in [1.29, 1.82) is 0 Å². The summed E-state index contributed by atoms with van der Waals surface area (Å²) in [5.41, 5.74) is 4.91. The van der Waals surface area contributed by atoms with Crippen LogP contribution in [-0.2, 0) is 12.8 Å². The van der Waals surface area contributed by atoms with Gasteiger partial charge in [-0.15, -0.1) is 0 Å². The molecule has 24 heavy (non-hydrogen) atoms. The molecule has 4 heteroatoms. The van der Waals surface area contributed by atoms with Crippen LogP contribution >= 0.6 is 0 Å². The maximum Gasteiger partial charge on any atom is 0.251 e. The number of aromatic amines is 1. The summed E-state index contributed by atoms with van der Waals surface area (Å²) in [5.74, 6) is -0.252. The second kappa shape index (κ2) is 5.78. The quantitative estimate of drug-likeness (QED) is 0.738.